The van der Waals surface area contributed by atoms with Gasteiger partial charge in [0, 0.05) is 18.4 Å². The second-order valence-corrected chi connectivity index (χ2v) is 8.60. The molecular weight excluding hydrogens is 332 g/mol. The zero-order chi connectivity index (χ0) is 16.4. The van der Waals surface area contributed by atoms with E-state index in [0.717, 1.165) is 28.2 Å². The molecule has 3 rings (SSSR count). The molecule has 23 heavy (non-hydrogen) atoms. The maximum absolute atomic E-state index is 12.9. The summed E-state index contributed by atoms with van der Waals surface area (Å²) >= 11 is 1.51. The average Bonchev–Trinajstić information content (AvgIpc) is 2.97. The van der Waals surface area contributed by atoms with E-state index in [1.807, 2.05) is 31.2 Å². The molecule has 0 saturated carbocycles. The Kier molecular flexibility index (Phi) is 4.70. The van der Waals surface area contributed by atoms with Gasteiger partial charge in [0.2, 0.25) is 10.0 Å². The number of aryl methyl sites for hydroxylation is 2. The van der Waals surface area contributed by atoms with Crippen LogP contribution in [0.3, 0.4) is 0 Å². The van der Waals surface area contributed by atoms with Gasteiger partial charge in [-0.3, -0.25) is 4.31 Å². The van der Waals surface area contributed by atoms with Crippen molar-refractivity contribution in [2.45, 2.75) is 25.9 Å². The highest BCUT2D eigenvalue weighted by molar-refractivity contribution is 7.92. The Balaban J connectivity index is 1.85. The summed E-state index contributed by atoms with van der Waals surface area (Å²) < 4.78 is 32.7. The molecule has 0 saturated heterocycles. The van der Waals surface area contributed by atoms with Crippen molar-refractivity contribution >= 4 is 27.0 Å². The standard InChI is InChI=1S/C16H20N2O3S2/c1-12-16(22-11-17-12)7-8-23(19,20)18-10-14(21-2)9-13-5-3-4-6-15(13)18/h3-6,11,14H,7-10H2,1-2H3. The number of ether oxygens (including phenoxy) is 1. The molecule has 1 aliphatic rings. The number of benzene rings is 1. The van der Waals surface area contributed by atoms with E-state index < -0.39 is 10.0 Å². The van der Waals surface area contributed by atoms with Crippen LogP contribution in [0.4, 0.5) is 5.69 Å². The van der Waals surface area contributed by atoms with Gasteiger partial charge in [-0.05, 0) is 25.0 Å². The molecule has 1 aromatic heterocycles. The normalized spacial score (nSPS) is 18.0. The Hall–Kier alpha value is -1.44. The van der Waals surface area contributed by atoms with Crippen molar-refractivity contribution in [2.75, 3.05) is 23.7 Å². The highest BCUT2D eigenvalue weighted by atomic mass is 32.2. The van der Waals surface area contributed by atoms with E-state index in [9.17, 15) is 8.42 Å². The number of hydrogen-bond acceptors (Lipinski definition) is 5. The van der Waals surface area contributed by atoms with Gasteiger partial charge in [0.25, 0.3) is 0 Å². The predicted octanol–water partition coefficient (Wildman–Crippen LogP) is 2.40. The van der Waals surface area contributed by atoms with Crippen molar-refractivity contribution in [3.05, 3.63) is 45.9 Å². The first-order valence-electron chi connectivity index (χ1n) is 7.51. The maximum atomic E-state index is 12.9. The lowest BCUT2D eigenvalue weighted by atomic mass is 10.0. The highest BCUT2D eigenvalue weighted by Crippen LogP contribution is 2.30. The smallest absolute Gasteiger partial charge is 0.235 e. The van der Waals surface area contributed by atoms with E-state index in [1.54, 1.807) is 12.6 Å². The highest BCUT2D eigenvalue weighted by Gasteiger charge is 2.31. The lowest BCUT2D eigenvalue weighted by molar-refractivity contribution is 0.108. The van der Waals surface area contributed by atoms with Crippen LogP contribution in [-0.2, 0) is 27.6 Å². The minimum atomic E-state index is -3.40. The van der Waals surface area contributed by atoms with E-state index in [-0.39, 0.29) is 11.9 Å². The molecule has 0 N–H and O–H groups in total. The number of anilines is 1. The summed E-state index contributed by atoms with van der Waals surface area (Å²) in [5.74, 6) is 0.0841. The van der Waals surface area contributed by atoms with Gasteiger partial charge in [0.1, 0.15) is 0 Å². The molecule has 2 heterocycles. The van der Waals surface area contributed by atoms with Gasteiger partial charge in [0.05, 0.1) is 35.3 Å². The van der Waals surface area contributed by atoms with Crippen LogP contribution in [-0.4, -0.2) is 38.9 Å². The fourth-order valence-electron chi connectivity index (χ4n) is 2.84. The molecule has 2 aromatic rings. The first-order chi connectivity index (χ1) is 11.0. The summed E-state index contributed by atoms with van der Waals surface area (Å²) in [7, 11) is -1.77. The topological polar surface area (TPSA) is 59.5 Å². The number of para-hydroxylation sites is 1. The molecule has 1 atom stereocenters. The average molecular weight is 352 g/mol. The molecule has 124 valence electrons. The summed E-state index contributed by atoms with van der Waals surface area (Å²) in [5.41, 5.74) is 4.47. The third kappa shape index (κ3) is 3.41. The lowest BCUT2D eigenvalue weighted by Crippen LogP contribution is -2.44. The minimum absolute atomic E-state index is 0.0841. The van der Waals surface area contributed by atoms with Crippen LogP contribution in [0.1, 0.15) is 16.1 Å². The molecule has 1 aliphatic heterocycles. The number of rotatable bonds is 5. The fourth-order valence-corrected chi connectivity index (χ4v) is 5.30. The monoisotopic (exact) mass is 352 g/mol. The van der Waals surface area contributed by atoms with Crippen molar-refractivity contribution in [3.63, 3.8) is 0 Å². The first kappa shape index (κ1) is 16.4. The third-order valence-electron chi connectivity index (χ3n) is 4.18. The number of fused-ring (bicyclic) bond motifs is 1. The summed E-state index contributed by atoms with van der Waals surface area (Å²) in [6.45, 7) is 2.28. The SMILES string of the molecule is COC1Cc2ccccc2N(S(=O)(=O)CCc2scnc2C)C1. The van der Waals surface area contributed by atoms with Gasteiger partial charge in [-0.2, -0.15) is 0 Å². The summed E-state index contributed by atoms with van der Waals surface area (Å²) in [6, 6.07) is 7.65. The number of sulfonamides is 1. The second kappa shape index (κ2) is 6.59. The van der Waals surface area contributed by atoms with Crippen molar-refractivity contribution in [2.24, 2.45) is 0 Å². The first-order valence-corrected chi connectivity index (χ1v) is 10.00. The van der Waals surface area contributed by atoms with Crippen molar-refractivity contribution in [1.82, 2.24) is 4.98 Å². The molecule has 0 aliphatic carbocycles. The molecule has 0 fully saturated rings. The van der Waals surface area contributed by atoms with Gasteiger partial charge in [0.15, 0.2) is 0 Å². The molecular formula is C16H20N2O3S2. The molecule has 0 amide bonds. The summed E-state index contributed by atoms with van der Waals surface area (Å²) in [5, 5.41) is 0. The van der Waals surface area contributed by atoms with Crippen LogP contribution in [0, 0.1) is 6.92 Å². The quantitative estimate of drug-likeness (QED) is 0.829. The summed E-state index contributed by atoms with van der Waals surface area (Å²) in [6.07, 6.45) is 1.13. The van der Waals surface area contributed by atoms with Crippen LogP contribution in [0.5, 0.6) is 0 Å². The van der Waals surface area contributed by atoms with E-state index in [4.69, 9.17) is 4.74 Å². The Morgan fingerprint density at radius 2 is 2.17 bits per heavy atom. The zero-order valence-electron chi connectivity index (χ0n) is 13.2. The van der Waals surface area contributed by atoms with Gasteiger partial charge in [-0.1, -0.05) is 18.2 Å². The molecule has 1 aromatic carbocycles. The molecule has 0 radical (unpaired) electrons. The van der Waals surface area contributed by atoms with E-state index in [0.29, 0.717) is 13.0 Å². The van der Waals surface area contributed by atoms with Gasteiger partial charge < -0.3 is 4.74 Å². The number of hydrogen-bond donors (Lipinski definition) is 0. The molecule has 7 heteroatoms. The van der Waals surface area contributed by atoms with Crippen LogP contribution in [0.25, 0.3) is 0 Å². The van der Waals surface area contributed by atoms with Crippen LogP contribution >= 0.6 is 11.3 Å². The fraction of sp³-hybridized carbons (Fsp3) is 0.438. The minimum Gasteiger partial charge on any atom is -0.379 e. The number of aromatic nitrogens is 1. The Morgan fingerprint density at radius 3 is 2.87 bits per heavy atom. The third-order valence-corrected chi connectivity index (χ3v) is 6.91. The second-order valence-electron chi connectivity index (χ2n) is 5.65. The Labute approximate surface area is 141 Å². The summed E-state index contributed by atoms with van der Waals surface area (Å²) in [4.78, 5) is 5.21. The molecule has 5 nitrogen and oxygen atoms in total. The van der Waals surface area contributed by atoms with Gasteiger partial charge >= 0.3 is 0 Å². The van der Waals surface area contributed by atoms with Gasteiger partial charge in [-0.15, -0.1) is 11.3 Å². The van der Waals surface area contributed by atoms with E-state index >= 15 is 0 Å². The van der Waals surface area contributed by atoms with Crippen LogP contribution in [0.2, 0.25) is 0 Å². The Bertz CT molecular complexity index is 786. The maximum Gasteiger partial charge on any atom is 0.235 e. The number of nitrogens with zero attached hydrogens (tertiary/aromatic N) is 2. The van der Waals surface area contributed by atoms with Crippen molar-refractivity contribution in [3.8, 4) is 0 Å². The van der Waals surface area contributed by atoms with Crippen LogP contribution in [0.15, 0.2) is 29.8 Å². The molecule has 0 bridgehead atoms. The lowest BCUT2D eigenvalue weighted by Gasteiger charge is -2.34. The van der Waals surface area contributed by atoms with Crippen molar-refractivity contribution < 1.29 is 13.2 Å². The largest absolute Gasteiger partial charge is 0.379 e. The Morgan fingerprint density at radius 1 is 1.39 bits per heavy atom. The molecule has 1 unspecified atom stereocenters. The van der Waals surface area contributed by atoms with Crippen molar-refractivity contribution in [1.29, 1.82) is 0 Å². The zero-order valence-corrected chi connectivity index (χ0v) is 14.9. The number of methoxy groups -OCH3 is 1. The van der Waals surface area contributed by atoms with Gasteiger partial charge in [-0.25, -0.2) is 13.4 Å². The predicted molar refractivity (Wildman–Crippen MR) is 92.6 cm³/mol. The van der Waals surface area contributed by atoms with E-state index in [2.05, 4.69) is 4.98 Å². The van der Waals surface area contributed by atoms with E-state index in [1.165, 1.54) is 15.6 Å². The van der Waals surface area contributed by atoms with Crippen LogP contribution < -0.4 is 4.31 Å². The number of thiazole rings is 1. The molecule has 0 spiro atoms.